The molecule has 1 fully saturated rings. The van der Waals surface area contributed by atoms with Crippen LogP contribution in [0, 0.1) is 11.8 Å². The second-order valence-corrected chi connectivity index (χ2v) is 9.24. The van der Waals surface area contributed by atoms with Gasteiger partial charge in [0, 0.05) is 31.0 Å². The van der Waals surface area contributed by atoms with Crippen LogP contribution in [-0.4, -0.2) is 23.5 Å². The van der Waals surface area contributed by atoms with E-state index < -0.39 is 0 Å². The Hall–Kier alpha value is -3.28. The summed E-state index contributed by atoms with van der Waals surface area (Å²) in [5.74, 6) is 4.99. The number of hydrogen-bond donors (Lipinski definition) is 1. The fraction of sp³-hybridized carbons (Fsp3) is 0.407. The molecule has 1 amide bonds. The number of nitrogens with zero attached hydrogens (tertiary/aromatic N) is 1. The van der Waals surface area contributed by atoms with Gasteiger partial charge in [-0.2, -0.15) is 0 Å². The Morgan fingerprint density at radius 1 is 1.12 bits per heavy atom. The maximum atomic E-state index is 11.4. The van der Waals surface area contributed by atoms with Gasteiger partial charge >= 0.3 is 0 Å². The third kappa shape index (κ3) is 5.38. The molecule has 1 saturated carbocycles. The lowest BCUT2D eigenvalue weighted by molar-refractivity contribution is -0.119. The molecule has 3 aromatic rings. The molecule has 2 aliphatic carbocycles. The molecule has 0 bridgehead atoms. The molecule has 0 spiro atoms. The first kappa shape index (κ1) is 21.6. The van der Waals surface area contributed by atoms with Crippen LogP contribution < -0.4 is 14.8 Å². The molecule has 1 N–H and O–H groups in total. The normalized spacial score (nSPS) is 18.3. The quantitative estimate of drug-likeness (QED) is 0.491. The number of hydrogen-bond acceptors (Lipinski definition) is 5. The largest absolute Gasteiger partial charge is 0.493 e. The number of aromatic nitrogens is 1. The van der Waals surface area contributed by atoms with E-state index in [0.29, 0.717) is 11.8 Å². The van der Waals surface area contributed by atoms with E-state index in [2.05, 4.69) is 12.2 Å². The van der Waals surface area contributed by atoms with Crippen molar-refractivity contribution in [1.82, 2.24) is 10.3 Å². The monoisotopic (exact) mass is 446 g/mol. The number of nitrogens with one attached hydrogen (secondary N) is 1. The minimum absolute atomic E-state index is 0.00590. The van der Waals surface area contributed by atoms with Crippen LogP contribution in [0.15, 0.2) is 52.9 Å². The number of rotatable bonds is 8. The number of oxazole rings is 1. The smallest absolute Gasteiger partial charge is 0.226 e. The van der Waals surface area contributed by atoms with Crippen LogP contribution in [0.25, 0.3) is 11.5 Å². The van der Waals surface area contributed by atoms with Gasteiger partial charge in [-0.3, -0.25) is 4.79 Å². The van der Waals surface area contributed by atoms with Crippen molar-refractivity contribution in [3.05, 3.63) is 60.0 Å². The highest BCUT2D eigenvalue weighted by atomic mass is 16.5. The summed E-state index contributed by atoms with van der Waals surface area (Å²) in [4.78, 5) is 16.1. The highest BCUT2D eigenvalue weighted by Crippen LogP contribution is 2.33. The predicted molar refractivity (Wildman–Crippen MR) is 125 cm³/mol. The summed E-state index contributed by atoms with van der Waals surface area (Å²) < 4.78 is 18.0. The zero-order chi connectivity index (χ0) is 22.8. The molecule has 172 valence electrons. The second-order valence-electron chi connectivity index (χ2n) is 9.24. The average molecular weight is 447 g/mol. The zero-order valence-corrected chi connectivity index (χ0v) is 19.2. The van der Waals surface area contributed by atoms with Crippen LogP contribution in [0.5, 0.6) is 17.2 Å². The minimum atomic E-state index is 0.00590. The molecule has 2 atom stereocenters. The van der Waals surface area contributed by atoms with Gasteiger partial charge in [-0.25, -0.2) is 4.98 Å². The molecule has 0 radical (unpaired) electrons. The van der Waals surface area contributed by atoms with Gasteiger partial charge in [-0.15, -0.1) is 0 Å². The van der Waals surface area contributed by atoms with Crippen molar-refractivity contribution >= 4 is 5.91 Å². The summed E-state index contributed by atoms with van der Waals surface area (Å²) in [5.41, 5.74) is 1.95. The SMILES string of the molecule is CC(=O)NC(C)C1CCc2nc(-c3ccc(Oc4cccc(OCC5CC5)c4)cc3)oc2C1. The van der Waals surface area contributed by atoms with E-state index in [4.69, 9.17) is 18.9 Å². The van der Waals surface area contributed by atoms with Gasteiger partial charge in [0.2, 0.25) is 11.8 Å². The summed E-state index contributed by atoms with van der Waals surface area (Å²) in [5, 5.41) is 3.00. The lowest BCUT2D eigenvalue weighted by Crippen LogP contribution is -2.39. The molecule has 2 aliphatic rings. The molecule has 6 nitrogen and oxygen atoms in total. The van der Waals surface area contributed by atoms with E-state index >= 15 is 0 Å². The molecule has 33 heavy (non-hydrogen) atoms. The first-order valence-electron chi connectivity index (χ1n) is 11.8. The van der Waals surface area contributed by atoms with Crippen LogP contribution in [0.4, 0.5) is 0 Å². The van der Waals surface area contributed by atoms with E-state index in [1.807, 2.05) is 48.5 Å². The van der Waals surface area contributed by atoms with Crippen molar-refractivity contribution in [2.45, 2.75) is 52.0 Å². The Bertz CT molecular complexity index is 1120. The van der Waals surface area contributed by atoms with Crippen molar-refractivity contribution < 1.29 is 18.7 Å². The molecule has 1 aromatic heterocycles. The van der Waals surface area contributed by atoms with Gasteiger partial charge < -0.3 is 19.2 Å². The molecule has 0 saturated heterocycles. The van der Waals surface area contributed by atoms with Gasteiger partial charge in [0.05, 0.1) is 12.3 Å². The molecule has 6 heteroatoms. The average Bonchev–Trinajstić information content (AvgIpc) is 3.54. The van der Waals surface area contributed by atoms with Crippen LogP contribution in [0.2, 0.25) is 0 Å². The van der Waals surface area contributed by atoms with E-state index in [-0.39, 0.29) is 11.9 Å². The second kappa shape index (κ2) is 9.30. The van der Waals surface area contributed by atoms with E-state index in [1.165, 1.54) is 12.8 Å². The van der Waals surface area contributed by atoms with E-state index in [9.17, 15) is 4.79 Å². The number of ether oxygens (including phenoxy) is 2. The van der Waals surface area contributed by atoms with Gasteiger partial charge in [-0.1, -0.05) is 6.07 Å². The molecule has 2 aromatic carbocycles. The summed E-state index contributed by atoms with van der Waals surface area (Å²) in [7, 11) is 0. The van der Waals surface area contributed by atoms with Gasteiger partial charge in [0.1, 0.15) is 23.0 Å². The van der Waals surface area contributed by atoms with Crippen molar-refractivity contribution in [1.29, 1.82) is 0 Å². The van der Waals surface area contributed by atoms with Crippen LogP contribution >= 0.6 is 0 Å². The fourth-order valence-electron chi connectivity index (χ4n) is 4.32. The first-order chi connectivity index (χ1) is 16.0. The number of benzene rings is 2. The van der Waals surface area contributed by atoms with Gasteiger partial charge in [-0.05, 0) is 80.8 Å². The number of amides is 1. The van der Waals surface area contributed by atoms with Crippen molar-refractivity contribution in [2.24, 2.45) is 11.8 Å². The number of carbonyl (C=O) groups is 1. The van der Waals surface area contributed by atoms with Gasteiger partial charge in [0.15, 0.2) is 0 Å². The number of aryl methyl sites for hydroxylation is 1. The maximum absolute atomic E-state index is 11.4. The standard InChI is InChI=1S/C27H30N2O4/c1-17(28-18(2)30)21-10-13-25-26(14-21)33-27(29-25)20-8-11-22(12-9-20)32-24-5-3-4-23(15-24)31-16-19-6-7-19/h3-5,8-9,11-12,15,17,19,21H,6-7,10,13-14,16H2,1-2H3,(H,28,30). The Morgan fingerprint density at radius 2 is 1.91 bits per heavy atom. The van der Waals surface area contributed by atoms with Crippen LogP contribution in [-0.2, 0) is 17.6 Å². The Balaban J connectivity index is 1.23. The third-order valence-electron chi connectivity index (χ3n) is 6.44. The molecule has 2 unspecified atom stereocenters. The third-order valence-corrected chi connectivity index (χ3v) is 6.44. The molecule has 0 aliphatic heterocycles. The topological polar surface area (TPSA) is 73.6 Å². The lowest BCUT2D eigenvalue weighted by Gasteiger charge is -2.26. The number of fused-ring (bicyclic) bond motifs is 1. The summed E-state index contributed by atoms with van der Waals surface area (Å²) >= 11 is 0. The summed E-state index contributed by atoms with van der Waals surface area (Å²) in [6, 6.07) is 15.7. The van der Waals surface area contributed by atoms with Crippen molar-refractivity contribution in [3.8, 4) is 28.7 Å². The Labute approximate surface area is 194 Å². The van der Waals surface area contributed by atoms with Crippen molar-refractivity contribution in [2.75, 3.05) is 6.61 Å². The number of carbonyl (C=O) groups excluding carboxylic acids is 1. The summed E-state index contributed by atoms with van der Waals surface area (Å²) in [6.07, 6.45) is 5.20. The Morgan fingerprint density at radius 3 is 2.67 bits per heavy atom. The zero-order valence-electron chi connectivity index (χ0n) is 19.2. The Kier molecular flexibility index (Phi) is 6.07. The van der Waals surface area contributed by atoms with E-state index in [1.54, 1.807) is 6.92 Å². The first-order valence-corrected chi connectivity index (χ1v) is 11.8. The maximum Gasteiger partial charge on any atom is 0.226 e. The highest BCUT2D eigenvalue weighted by Gasteiger charge is 2.28. The molecular formula is C27H30N2O4. The van der Waals surface area contributed by atoms with E-state index in [0.717, 1.165) is 66.1 Å². The summed E-state index contributed by atoms with van der Waals surface area (Å²) in [6.45, 7) is 4.40. The minimum Gasteiger partial charge on any atom is -0.493 e. The highest BCUT2D eigenvalue weighted by molar-refractivity contribution is 5.73. The molecule has 1 heterocycles. The predicted octanol–water partition coefficient (Wildman–Crippen LogP) is 5.55. The van der Waals surface area contributed by atoms with Crippen LogP contribution in [0.1, 0.15) is 44.6 Å². The molecular weight excluding hydrogens is 416 g/mol. The lowest BCUT2D eigenvalue weighted by atomic mass is 9.85. The van der Waals surface area contributed by atoms with Crippen molar-refractivity contribution in [3.63, 3.8) is 0 Å². The van der Waals surface area contributed by atoms with Crippen LogP contribution in [0.3, 0.4) is 0 Å². The fourth-order valence-corrected chi connectivity index (χ4v) is 4.32. The van der Waals surface area contributed by atoms with Gasteiger partial charge in [0.25, 0.3) is 0 Å². The molecule has 5 rings (SSSR count).